The number of hydrogen-bond acceptors (Lipinski definition) is 7. The van der Waals surface area contributed by atoms with Crippen LogP contribution in [0, 0.1) is 11.3 Å². The lowest BCUT2D eigenvalue weighted by atomic mass is 9.82. The molecule has 3 rings (SSSR count). The highest BCUT2D eigenvalue weighted by Crippen LogP contribution is 2.48. The zero-order valence-electron chi connectivity index (χ0n) is 16.5. The van der Waals surface area contributed by atoms with E-state index in [1.54, 1.807) is 33.5 Å². The van der Waals surface area contributed by atoms with Gasteiger partial charge in [-0.1, -0.05) is 13.3 Å². The van der Waals surface area contributed by atoms with Gasteiger partial charge < -0.3 is 24.7 Å². The molecule has 1 aliphatic heterocycles. The van der Waals surface area contributed by atoms with Crippen LogP contribution in [-0.4, -0.2) is 31.5 Å². The SMILES string of the molecule is CCCCc1[nH]nc2c1C(c1cc(OC)c(OC)cc1OC)C(C#N)=C(N)O2. The summed E-state index contributed by atoms with van der Waals surface area (Å²) in [4.78, 5) is 0. The fraction of sp³-hybridized carbons (Fsp3) is 0.400. The van der Waals surface area contributed by atoms with Crippen molar-refractivity contribution in [3.05, 3.63) is 40.4 Å². The Labute approximate surface area is 163 Å². The van der Waals surface area contributed by atoms with Gasteiger partial charge in [-0.2, -0.15) is 5.26 Å². The van der Waals surface area contributed by atoms with Crippen LogP contribution < -0.4 is 24.7 Å². The molecule has 1 atom stereocenters. The number of nitrogens with zero attached hydrogens (tertiary/aromatic N) is 2. The fourth-order valence-corrected chi connectivity index (χ4v) is 3.44. The number of fused-ring (bicyclic) bond motifs is 1. The molecule has 1 aromatic carbocycles. The van der Waals surface area contributed by atoms with Crippen molar-refractivity contribution in [2.45, 2.75) is 32.1 Å². The molecule has 1 aromatic heterocycles. The van der Waals surface area contributed by atoms with E-state index < -0.39 is 5.92 Å². The van der Waals surface area contributed by atoms with Gasteiger partial charge in [0.1, 0.15) is 17.4 Å². The Morgan fingerprint density at radius 3 is 2.46 bits per heavy atom. The Bertz CT molecular complexity index is 942. The first kappa shape index (κ1) is 19.4. The van der Waals surface area contributed by atoms with Crippen molar-refractivity contribution < 1.29 is 18.9 Å². The first-order valence-corrected chi connectivity index (χ1v) is 9.04. The summed E-state index contributed by atoms with van der Waals surface area (Å²) >= 11 is 0. The minimum absolute atomic E-state index is 0.0328. The monoisotopic (exact) mass is 384 g/mol. The molecule has 0 amide bonds. The van der Waals surface area contributed by atoms with Gasteiger partial charge in [0.05, 0.1) is 32.8 Å². The van der Waals surface area contributed by atoms with Gasteiger partial charge in [0, 0.05) is 17.3 Å². The van der Waals surface area contributed by atoms with Crippen molar-refractivity contribution >= 4 is 0 Å². The minimum atomic E-state index is -0.492. The first-order valence-electron chi connectivity index (χ1n) is 9.04. The van der Waals surface area contributed by atoms with Gasteiger partial charge in [0.2, 0.25) is 11.8 Å². The lowest BCUT2D eigenvalue weighted by Gasteiger charge is -2.26. The molecule has 0 aliphatic carbocycles. The van der Waals surface area contributed by atoms with Crippen LogP contribution in [0.5, 0.6) is 23.1 Å². The molecule has 148 valence electrons. The summed E-state index contributed by atoms with van der Waals surface area (Å²) in [5.41, 5.74) is 8.78. The van der Waals surface area contributed by atoms with E-state index in [-0.39, 0.29) is 5.88 Å². The maximum atomic E-state index is 9.82. The maximum absolute atomic E-state index is 9.82. The predicted octanol–water partition coefficient (Wildman–Crippen LogP) is 3.00. The van der Waals surface area contributed by atoms with E-state index in [4.69, 9.17) is 24.7 Å². The number of nitriles is 1. The Morgan fingerprint density at radius 1 is 1.18 bits per heavy atom. The molecule has 3 N–H and O–H groups in total. The molecular weight excluding hydrogens is 360 g/mol. The Balaban J connectivity index is 2.25. The molecule has 1 unspecified atom stereocenters. The second-order valence-electron chi connectivity index (χ2n) is 6.40. The summed E-state index contributed by atoms with van der Waals surface area (Å²) in [5, 5.41) is 17.1. The second kappa shape index (κ2) is 8.13. The van der Waals surface area contributed by atoms with Crippen LogP contribution in [0.2, 0.25) is 0 Å². The number of ether oxygens (including phenoxy) is 4. The van der Waals surface area contributed by atoms with Gasteiger partial charge in [-0.05, 0) is 18.9 Å². The normalized spacial score (nSPS) is 15.5. The number of H-pyrrole nitrogens is 1. The number of nitrogens with one attached hydrogen (secondary N) is 1. The molecule has 0 fully saturated rings. The smallest absolute Gasteiger partial charge is 0.244 e. The highest BCUT2D eigenvalue weighted by molar-refractivity contribution is 5.61. The Morgan fingerprint density at radius 2 is 1.86 bits per heavy atom. The third-order valence-electron chi connectivity index (χ3n) is 4.85. The van der Waals surface area contributed by atoms with Gasteiger partial charge in [0.15, 0.2) is 11.5 Å². The van der Waals surface area contributed by atoms with E-state index in [1.165, 1.54) is 0 Å². The number of allylic oxidation sites excluding steroid dienone is 1. The van der Waals surface area contributed by atoms with E-state index in [0.717, 1.165) is 36.1 Å². The lowest BCUT2D eigenvalue weighted by Crippen LogP contribution is -2.21. The quantitative estimate of drug-likeness (QED) is 0.754. The summed E-state index contributed by atoms with van der Waals surface area (Å²) in [6.07, 6.45) is 2.79. The fourth-order valence-electron chi connectivity index (χ4n) is 3.44. The van der Waals surface area contributed by atoms with Gasteiger partial charge >= 0.3 is 0 Å². The van der Waals surface area contributed by atoms with Gasteiger partial charge in [-0.25, -0.2) is 0 Å². The number of unbranched alkanes of at least 4 members (excludes halogenated alkanes) is 1. The molecule has 1 aliphatic rings. The number of benzene rings is 1. The summed E-state index contributed by atoms with van der Waals surface area (Å²) in [6, 6.07) is 5.73. The molecule has 2 heterocycles. The Hall–Kier alpha value is -3.34. The van der Waals surface area contributed by atoms with Crippen LogP contribution in [0.25, 0.3) is 0 Å². The van der Waals surface area contributed by atoms with E-state index >= 15 is 0 Å². The molecule has 0 spiro atoms. The number of aryl methyl sites for hydroxylation is 1. The summed E-state index contributed by atoms with van der Waals surface area (Å²) in [6.45, 7) is 2.12. The van der Waals surface area contributed by atoms with E-state index in [0.29, 0.717) is 28.7 Å². The zero-order chi connectivity index (χ0) is 20.3. The number of aromatic nitrogens is 2. The lowest BCUT2D eigenvalue weighted by molar-refractivity contribution is 0.346. The van der Waals surface area contributed by atoms with Crippen molar-refractivity contribution in [1.29, 1.82) is 5.26 Å². The molecule has 8 nitrogen and oxygen atoms in total. The summed E-state index contributed by atoms with van der Waals surface area (Å²) in [5.74, 6) is 1.53. The van der Waals surface area contributed by atoms with Crippen LogP contribution in [0.4, 0.5) is 0 Å². The topological polar surface area (TPSA) is 115 Å². The van der Waals surface area contributed by atoms with Crippen molar-refractivity contribution in [3.63, 3.8) is 0 Å². The molecule has 0 bridgehead atoms. The first-order chi connectivity index (χ1) is 13.6. The molecule has 0 radical (unpaired) electrons. The zero-order valence-corrected chi connectivity index (χ0v) is 16.5. The molecule has 0 saturated heterocycles. The third kappa shape index (κ3) is 3.20. The molecule has 28 heavy (non-hydrogen) atoms. The van der Waals surface area contributed by atoms with Crippen molar-refractivity contribution in [3.8, 4) is 29.2 Å². The van der Waals surface area contributed by atoms with Gasteiger partial charge in [0.25, 0.3) is 0 Å². The Kier molecular flexibility index (Phi) is 5.64. The largest absolute Gasteiger partial charge is 0.496 e. The van der Waals surface area contributed by atoms with Gasteiger partial charge in [-0.15, -0.1) is 5.10 Å². The minimum Gasteiger partial charge on any atom is -0.496 e. The van der Waals surface area contributed by atoms with Crippen LogP contribution in [-0.2, 0) is 6.42 Å². The molecule has 0 saturated carbocycles. The van der Waals surface area contributed by atoms with Crippen LogP contribution in [0.1, 0.15) is 42.5 Å². The highest BCUT2D eigenvalue weighted by atomic mass is 16.5. The summed E-state index contributed by atoms with van der Waals surface area (Å²) < 4.78 is 22.1. The standard InChI is InChI=1S/C20H24N4O4/c1-5-6-7-13-18-17(12(10-21)19(22)28-20(18)24-23-13)11-8-15(26-3)16(27-4)9-14(11)25-2/h8-9,17H,5-7,22H2,1-4H3,(H,23,24). The van der Waals surface area contributed by atoms with E-state index in [2.05, 4.69) is 23.2 Å². The molecule has 8 heteroatoms. The van der Waals surface area contributed by atoms with Crippen LogP contribution in [0.3, 0.4) is 0 Å². The number of methoxy groups -OCH3 is 3. The van der Waals surface area contributed by atoms with Crippen LogP contribution >= 0.6 is 0 Å². The highest BCUT2D eigenvalue weighted by Gasteiger charge is 2.37. The molecular formula is C20H24N4O4. The number of rotatable bonds is 7. The van der Waals surface area contributed by atoms with Crippen molar-refractivity contribution in [2.75, 3.05) is 21.3 Å². The van der Waals surface area contributed by atoms with E-state index in [9.17, 15) is 5.26 Å². The number of aromatic amines is 1. The van der Waals surface area contributed by atoms with Crippen LogP contribution in [0.15, 0.2) is 23.6 Å². The van der Waals surface area contributed by atoms with E-state index in [1.807, 2.05) is 0 Å². The average molecular weight is 384 g/mol. The second-order valence-corrected chi connectivity index (χ2v) is 6.40. The van der Waals surface area contributed by atoms with Gasteiger partial charge in [-0.3, -0.25) is 5.10 Å². The van der Waals surface area contributed by atoms with Crippen molar-refractivity contribution in [2.24, 2.45) is 5.73 Å². The molecule has 2 aromatic rings. The predicted molar refractivity (Wildman–Crippen MR) is 103 cm³/mol. The average Bonchev–Trinajstić information content (AvgIpc) is 3.12. The number of nitrogens with two attached hydrogens (primary N) is 1. The summed E-state index contributed by atoms with van der Waals surface area (Å²) in [7, 11) is 4.68. The number of hydrogen-bond donors (Lipinski definition) is 2. The van der Waals surface area contributed by atoms with Crippen molar-refractivity contribution in [1.82, 2.24) is 10.2 Å². The third-order valence-corrected chi connectivity index (χ3v) is 4.85. The maximum Gasteiger partial charge on any atom is 0.244 e.